The molecule has 0 atom stereocenters. The summed E-state index contributed by atoms with van der Waals surface area (Å²) in [4.78, 5) is 3.54. The van der Waals surface area contributed by atoms with Crippen LogP contribution in [0.5, 0.6) is 5.75 Å². The molecule has 28 heavy (non-hydrogen) atoms. The lowest BCUT2D eigenvalue weighted by atomic mass is 9.95. The van der Waals surface area contributed by atoms with Crippen molar-refractivity contribution in [3.8, 4) is 5.75 Å². The largest absolute Gasteiger partial charge is 0.435 e. The highest BCUT2D eigenvalue weighted by Crippen LogP contribution is 2.29. The fourth-order valence-electron chi connectivity index (χ4n) is 3.64. The van der Waals surface area contributed by atoms with E-state index in [1.54, 1.807) is 12.1 Å². The number of alkyl halides is 2. The van der Waals surface area contributed by atoms with Crippen LogP contribution in [0.25, 0.3) is 10.9 Å². The van der Waals surface area contributed by atoms with Gasteiger partial charge >= 0.3 is 6.61 Å². The average Bonchev–Trinajstić information content (AvgIpc) is 3.05. The van der Waals surface area contributed by atoms with Crippen LogP contribution < -0.4 is 15.4 Å². The minimum Gasteiger partial charge on any atom is -0.435 e. The van der Waals surface area contributed by atoms with Crippen LogP contribution in [0.4, 0.5) is 14.5 Å². The Bertz CT molecular complexity index is 985. The topological polar surface area (TPSA) is 49.1 Å². The number of aryl methyl sites for hydroxylation is 2. The third-order valence-electron chi connectivity index (χ3n) is 4.95. The summed E-state index contributed by atoms with van der Waals surface area (Å²) in [7, 11) is 0. The van der Waals surface area contributed by atoms with Gasteiger partial charge in [-0.25, -0.2) is 0 Å². The van der Waals surface area contributed by atoms with Gasteiger partial charge in [0.25, 0.3) is 0 Å². The number of anilines is 1. The van der Waals surface area contributed by atoms with Crippen LogP contribution in [0, 0.1) is 0 Å². The van der Waals surface area contributed by atoms with Gasteiger partial charge in [-0.3, -0.25) is 0 Å². The number of hydrogen-bond donors (Lipinski definition) is 3. The lowest BCUT2D eigenvalue weighted by Crippen LogP contribution is -2.27. The molecule has 1 aliphatic carbocycles. The molecule has 0 spiro atoms. The van der Waals surface area contributed by atoms with Gasteiger partial charge in [0.1, 0.15) is 5.75 Å². The van der Waals surface area contributed by atoms with E-state index in [2.05, 4.69) is 38.6 Å². The summed E-state index contributed by atoms with van der Waals surface area (Å²) < 4.78 is 28.7. The van der Waals surface area contributed by atoms with Crippen LogP contribution in [-0.4, -0.2) is 16.7 Å². The van der Waals surface area contributed by atoms with Crippen molar-refractivity contribution in [3.63, 3.8) is 0 Å². The smallest absolute Gasteiger partial charge is 0.387 e. The Labute approximate surface area is 167 Å². The molecule has 1 aromatic heterocycles. The van der Waals surface area contributed by atoms with Crippen molar-refractivity contribution >= 4 is 33.9 Å². The van der Waals surface area contributed by atoms with Crippen molar-refractivity contribution in [2.24, 2.45) is 0 Å². The minimum absolute atomic E-state index is 0.113. The van der Waals surface area contributed by atoms with E-state index in [0.29, 0.717) is 17.3 Å². The first-order chi connectivity index (χ1) is 13.6. The predicted octanol–water partition coefficient (Wildman–Crippen LogP) is 5.13. The number of H-pyrrole nitrogens is 1. The summed E-state index contributed by atoms with van der Waals surface area (Å²) in [5, 5.41) is 8.01. The quantitative estimate of drug-likeness (QED) is 0.519. The highest BCUT2D eigenvalue weighted by atomic mass is 32.1. The third-order valence-corrected chi connectivity index (χ3v) is 5.20. The lowest BCUT2D eigenvalue weighted by molar-refractivity contribution is -0.0498. The van der Waals surface area contributed by atoms with Crippen molar-refractivity contribution in [2.75, 3.05) is 5.32 Å². The van der Waals surface area contributed by atoms with Gasteiger partial charge in [-0.1, -0.05) is 6.07 Å². The van der Waals surface area contributed by atoms with Crippen molar-refractivity contribution < 1.29 is 13.5 Å². The standard InChI is InChI=1S/C21H21F2N3OS/c22-20(23)27-15-8-6-14(7-9-15)25-21(28)24-12-13-5-10-19-17(11-13)16-3-1-2-4-18(16)26-19/h5-11,20,26H,1-4,12H2,(H2,24,25,28). The van der Waals surface area contributed by atoms with Crippen LogP contribution in [0.2, 0.25) is 0 Å². The van der Waals surface area contributed by atoms with E-state index in [1.165, 1.54) is 47.1 Å². The normalized spacial score (nSPS) is 13.4. The fourth-order valence-corrected chi connectivity index (χ4v) is 3.83. The minimum atomic E-state index is -2.83. The van der Waals surface area contributed by atoms with Gasteiger partial charge in [0.2, 0.25) is 0 Å². The molecule has 0 aliphatic heterocycles. The first-order valence-corrected chi connectivity index (χ1v) is 9.71. The molecule has 1 aliphatic rings. The maximum Gasteiger partial charge on any atom is 0.387 e. The molecule has 0 fully saturated rings. The van der Waals surface area contributed by atoms with Gasteiger partial charge in [-0.05, 0) is 85.4 Å². The van der Waals surface area contributed by atoms with Gasteiger partial charge < -0.3 is 20.4 Å². The van der Waals surface area contributed by atoms with E-state index >= 15 is 0 Å². The Morgan fingerprint density at radius 1 is 1.11 bits per heavy atom. The molecule has 0 bridgehead atoms. The zero-order valence-corrected chi connectivity index (χ0v) is 16.0. The van der Waals surface area contributed by atoms with Gasteiger partial charge in [0.15, 0.2) is 5.11 Å². The van der Waals surface area contributed by atoms with E-state index in [-0.39, 0.29) is 5.75 Å². The Morgan fingerprint density at radius 3 is 2.68 bits per heavy atom. The molecular weight excluding hydrogens is 380 g/mol. The summed E-state index contributed by atoms with van der Waals surface area (Å²) in [5.74, 6) is 0.113. The van der Waals surface area contributed by atoms with E-state index in [4.69, 9.17) is 12.2 Å². The summed E-state index contributed by atoms with van der Waals surface area (Å²) >= 11 is 5.33. The van der Waals surface area contributed by atoms with Crippen LogP contribution in [0.3, 0.4) is 0 Å². The Morgan fingerprint density at radius 2 is 1.89 bits per heavy atom. The second-order valence-electron chi connectivity index (χ2n) is 6.88. The van der Waals surface area contributed by atoms with Crippen LogP contribution >= 0.6 is 12.2 Å². The number of ether oxygens (including phenoxy) is 1. The maximum atomic E-state index is 12.2. The summed E-state index contributed by atoms with van der Waals surface area (Å²) in [5.41, 5.74) is 5.89. The number of aromatic nitrogens is 1. The molecule has 0 saturated carbocycles. The SMILES string of the molecule is FC(F)Oc1ccc(NC(=S)NCc2ccc3[nH]c4c(c3c2)CCCC4)cc1. The van der Waals surface area contributed by atoms with E-state index in [9.17, 15) is 8.78 Å². The number of hydrogen-bond acceptors (Lipinski definition) is 2. The fraction of sp³-hybridized carbons (Fsp3) is 0.286. The van der Waals surface area contributed by atoms with Crippen LogP contribution in [-0.2, 0) is 19.4 Å². The number of fused-ring (bicyclic) bond motifs is 3. The number of rotatable bonds is 5. The number of nitrogens with one attached hydrogen (secondary N) is 3. The van der Waals surface area contributed by atoms with Gasteiger partial charge in [0.05, 0.1) is 0 Å². The molecule has 3 N–H and O–H groups in total. The van der Waals surface area contributed by atoms with Crippen molar-refractivity contribution in [1.29, 1.82) is 0 Å². The Balaban J connectivity index is 1.36. The predicted molar refractivity (Wildman–Crippen MR) is 111 cm³/mol. The van der Waals surface area contributed by atoms with E-state index in [0.717, 1.165) is 18.4 Å². The Kier molecular flexibility index (Phi) is 5.43. The monoisotopic (exact) mass is 401 g/mol. The summed E-state index contributed by atoms with van der Waals surface area (Å²) in [6.45, 7) is -2.22. The molecule has 0 saturated heterocycles. The zero-order valence-electron chi connectivity index (χ0n) is 15.2. The average molecular weight is 401 g/mol. The number of thiocarbonyl (C=S) groups is 1. The number of benzene rings is 2. The second kappa shape index (κ2) is 8.14. The van der Waals surface area contributed by atoms with Crippen LogP contribution in [0.1, 0.15) is 29.7 Å². The Hall–Kier alpha value is -2.67. The van der Waals surface area contributed by atoms with Crippen molar-refractivity contribution in [3.05, 3.63) is 59.3 Å². The molecular formula is C21H21F2N3OS. The third kappa shape index (κ3) is 4.25. The summed E-state index contributed by atoms with van der Waals surface area (Å²) in [6.07, 6.45) is 4.77. The second-order valence-corrected chi connectivity index (χ2v) is 7.29. The molecule has 0 radical (unpaired) electrons. The van der Waals surface area contributed by atoms with Gasteiger partial charge in [-0.2, -0.15) is 8.78 Å². The molecule has 2 aromatic carbocycles. The molecule has 1 heterocycles. The van der Waals surface area contributed by atoms with Gasteiger partial charge in [0, 0.05) is 28.8 Å². The number of halogens is 2. The first-order valence-electron chi connectivity index (χ1n) is 9.30. The number of aromatic amines is 1. The van der Waals surface area contributed by atoms with E-state index in [1.807, 2.05) is 0 Å². The van der Waals surface area contributed by atoms with Crippen molar-refractivity contribution in [2.45, 2.75) is 38.8 Å². The van der Waals surface area contributed by atoms with Gasteiger partial charge in [-0.15, -0.1) is 0 Å². The molecule has 0 unspecified atom stereocenters. The first kappa shape index (κ1) is 18.7. The molecule has 4 rings (SSSR count). The molecule has 146 valence electrons. The van der Waals surface area contributed by atoms with E-state index < -0.39 is 6.61 Å². The molecule has 7 heteroatoms. The zero-order chi connectivity index (χ0) is 19.5. The van der Waals surface area contributed by atoms with Crippen LogP contribution in [0.15, 0.2) is 42.5 Å². The highest BCUT2D eigenvalue weighted by molar-refractivity contribution is 7.80. The summed E-state index contributed by atoms with van der Waals surface area (Å²) in [6, 6.07) is 12.7. The van der Waals surface area contributed by atoms with Crippen molar-refractivity contribution in [1.82, 2.24) is 10.3 Å². The highest BCUT2D eigenvalue weighted by Gasteiger charge is 2.15. The molecule has 0 amide bonds. The molecule has 3 aromatic rings. The maximum absolute atomic E-state index is 12.2. The lowest BCUT2D eigenvalue weighted by Gasteiger charge is -2.12. The molecule has 4 nitrogen and oxygen atoms in total.